The highest BCUT2D eigenvalue weighted by Gasteiger charge is 2.50. The molecule has 4 rings (SSSR count). The van der Waals surface area contributed by atoms with E-state index in [9.17, 15) is 10.1 Å². The van der Waals surface area contributed by atoms with E-state index in [1.165, 1.54) is 39.0 Å². The van der Waals surface area contributed by atoms with E-state index in [4.69, 9.17) is 0 Å². The minimum Gasteiger partial charge on any atom is -0.274 e. The van der Waals surface area contributed by atoms with Crippen molar-refractivity contribution in [2.45, 2.75) is 39.0 Å². The Bertz CT molecular complexity index is 407. The number of nitrogens with zero attached hydrogens (tertiary/aromatic N) is 2. The SMILES string of the molecule is CC(=O)N/N=C(\C#N)C1C2CC3CC(C2)CC1C3. The number of carbonyl (C=O) groups excluding carboxylic acids is 1. The van der Waals surface area contributed by atoms with Crippen LogP contribution in [0.2, 0.25) is 0 Å². The van der Waals surface area contributed by atoms with Crippen LogP contribution in [0.4, 0.5) is 0 Å². The maximum Gasteiger partial charge on any atom is 0.236 e. The van der Waals surface area contributed by atoms with Gasteiger partial charge in [-0.15, -0.1) is 0 Å². The molecule has 4 nitrogen and oxygen atoms in total. The van der Waals surface area contributed by atoms with Gasteiger partial charge in [0.25, 0.3) is 0 Å². The van der Waals surface area contributed by atoms with E-state index >= 15 is 0 Å². The molecule has 4 fully saturated rings. The Morgan fingerprint density at radius 2 is 1.72 bits per heavy atom. The number of nitrogens with one attached hydrogen (secondary N) is 1. The van der Waals surface area contributed by atoms with Crippen LogP contribution in [-0.2, 0) is 4.79 Å². The highest BCUT2D eigenvalue weighted by Crippen LogP contribution is 2.56. The van der Waals surface area contributed by atoms with E-state index in [1.54, 1.807) is 0 Å². The van der Waals surface area contributed by atoms with Gasteiger partial charge in [0, 0.05) is 12.8 Å². The summed E-state index contributed by atoms with van der Waals surface area (Å²) in [6, 6.07) is 2.22. The summed E-state index contributed by atoms with van der Waals surface area (Å²) < 4.78 is 0. The second-order valence-corrected chi connectivity index (χ2v) is 6.23. The first-order chi connectivity index (χ1) is 8.67. The molecule has 1 amide bonds. The molecule has 0 aromatic carbocycles. The Morgan fingerprint density at radius 3 is 2.17 bits per heavy atom. The highest BCUT2D eigenvalue weighted by molar-refractivity contribution is 6.01. The lowest BCUT2D eigenvalue weighted by atomic mass is 9.51. The molecule has 0 atom stereocenters. The minimum atomic E-state index is -0.202. The van der Waals surface area contributed by atoms with Crippen LogP contribution in [0.3, 0.4) is 0 Å². The topological polar surface area (TPSA) is 65.2 Å². The fourth-order valence-corrected chi connectivity index (χ4v) is 4.68. The van der Waals surface area contributed by atoms with Gasteiger partial charge in [-0.2, -0.15) is 10.4 Å². The fourth-order valence-electron chi connectivity index (χ4n) is 4.68. The van der Waals surface area contributed by atoms with Crippen molar-refractivity contribution in [1.29, 1.82) is 5.26 Å². The highest BCUT2D eigenvalue weighted by atomic mass is 16.2. The molecular weight excluding hydrogens is 226 g/mol. The van der Waals surface area contributed by atoms with Crippen molar-refractivity contribution in [3.8, 4) is 6.07 Å². The summed E-state index contributed by atoms with van der Waals surface area (Å²) in [5.74, 6) is 3.15. The summed E-state index contributed by atoms with van der Waals surface area (Å²) in [6.45, 7) is 1.43. The van der Waals surface area contributed by atoms with Gasteiger partial charge in [0.05, 0.1) is 0 Å². The predicted molar refractivity (Wildman–Crippen MR) is 67.4 cm³/mol. The maximum atomic E-state index is 10.9. The number of rotatable bonds is 2. The summed E-state index contributed by atoms with van der Waals surface area (Å²) in [4.78, 5) is 10.9. The Balaban J connectivity index is 1.81. The average Bonchev–Trinajstić information content (AvgIpc) is 2.31. The number of amides is 1. The largest absolute Gasteiger partial charge is 0.274 e. The summed E-state index contributed by atoms with van der Waals surface area (Å²) in [5, 5.41) is 13.3. The lowest BCUT2D eigenvalue weighted by molar-refractivity contribution is -0.118. The Labute approximate surface area is 107 Å². The smallest absolute Gasteiger partial charge is 0.236 e. The van der Waals surface area contributed by atoms with E-state index in [1.807, 2.05) is 0 Å². The minimum absolute atomic E-state index is 0.202. The molecular formula is C14H19N3O. The number of hydrogen-bond acceptors (Lipinski definition) is 3. The first-order valence-electron chi connectivity index (χ1n) is 6.91. The second kappa shape index (κ2) is 4.38. The van der Waals surface area contributed by atoms with Gasteiger partial charge in [0.1, 0.15) is 11.8 Å². The van der Waals surface area contributed by atoms with Crippen molar-refractivity contribution in [2.24, 2.45) is 34.7 Å². The zero-order chi connectivity index (χ0) is 12.7. The number of carbonyl (C=O) groups is 1. The van der Waals surface area contributed by atoms with Crippen LogP contribution in [0.1, 0.15) is 39.0 Å². The Hall–Kier alpha value is -1.37. The van der Waals surface area contributed by atoms with Crippen molar-refractivity contribution in [1.82, 2.24) is 5.43 Å². The molecule has 18 heavy (non-hydrogen) atoms. The zero-order valence-corrected chi connectivity index (χ0v) is 10.7. The van der Waals surface area contributed by atoms with Crippen LogP contribution in [0, 0.1) is 40.9 Å². The number of hydrazone groups is 1. The third-order valence-corrected chi connectivity index (χ3v) is 4.99. The quantitative estimate of drug-likeness (QED) is 0.598. The second-order valence-electron chi connectivity index (χ2n) is 6.23. The average molecular weight is 245 g/mol. The lowest BCUT2D eigenvalue weighted by Crippen LogP contribution is -2.48. The van der Waals surface area contributed by atoms with Crippen LogP contribution in [-0.4, -0.2) is 11.6 Å². The molecule has 0 radical (unpaired) electrons. The molecule has 1 N–H and O–H groups in total. The monoisotopic (exact) mass is 245 g/mol. The molecule has 0 aromatic rings. The van der Waals surface area contributed by atoms with Gasteiger partial charge in [-0.3, -0.25) is 4.79 Å². The number of nitriles is 1. The van der Waals surface area contributed by atoms with Crippen molar-refractivity contribution in [2.75, 3.05) is 0 Å². The third kappa shape index (κ3) is 1.92. The van der Waals surface area contributed by atoms with Crippen LogP contribution in [0.5, 0.6) is 0 Å². The van der Waals surface area contributed by atoms with Crippen LogP contribution in [0.25, 0.3) is 0 Å². The molecule has 0 spiro atoms. The van der Waals surface area contributed by atoms with Crippen molar-refractivity contribution >= 4 is 11.6 Å². The van der Waals surface area contributed by atoms with Gasteiger partial charge < -0.3 is 0 Å². The molecule has 0 saturated heterocycles. The molecule has 4 bridgehead atoms. The lowest BCUT2D eigenvalue weighted by Gasteiger charge is -2.53. The van der Waals surface area contributed by atoms with Gasteiger partial charge in [-0.25, -0.2) is 5.43 Å². The van der Waals surface area contributed by atoms with E-state index in [0.29, 0.717) is 23.5 Å². The normalized spacial score (nSPS) is 41.6. The van der Waals surface area contributed by atoms with Crippen LogP contribution < -0.4 is 5.43 Å². The van der Waals surface area contributed by atoms with Gasteiger partial charge >= 0.3 is 0 Å². The molecule has 0 aromatic heterocycles. The fraction of sp³-hybridized carbons (Fsp3) is 0.786. The van der Waals surface area contributed by atoms with Gasteiger partial charge in [-0.05, 0) is 55.8 Å². The molecule has 0 aliphatic heterocycles. The van der Waals surface area contributed by atoms with E-state index in [2.05, 4.69) is 16.6 Å². The predicted octanol–water partition coefficient (Wildman–Crippen LogP) is 2.07. The third-order valence-electron chi connectivity index (χ3n) is 4.99. The Morgan fingerprint density at radius 1 is 1.17 bits per heavy atom. The first kappa shape index (κ1) is 11.7. The summed E-state index contributed by atoms with van der Waals surface area (Å²) >= 11 is 0. The van der Waals surface area contributed by atoms with E-state index in [-0.39, 0.29) is 5.91 Å². The molecule has 96 valence electrons. The first-order valence-corrected chi connectivity index (χ1v) is 6.91. The van der Waals surface area contributed by atoms with Crippen molar-refractivity contribution in [3.63, 3.8) is 0 Å². The van der Waals surface area contributed by atoms with Gasteiger partial charge in [0.2, 0.25) is 5.91 Å². The molecule has 4 aliphatic rings. The van der Waals surface area contributed by atoms with Crippen LogP contribution >= 0.6 is 0 Å². The summed E-state index contributed by atoms with van der Waals surface area (Å²) in [7, 11) is 0. The van der Waals surface area contributed by atoms with Gasteiger partial charge in [0.15, 0.2) is 0 Å². The van der Waals surface area contributed by atoms with Crippen molar-refractivity contribution < 1.29 is 4.79 Å². The summed E-state index contributed by atoms with van der Waals surface area (Å²) in [6.07, 6.45) is 6.46. The summed E-state index contributed by atoms with van der Waals surface area (Å²) in [5.41, 5.74) is 2.99. The number of hydrogen-bond donors (Lipinski definition) is 1. The zero-order valence-electron chi connectivity index (χ0n) is 10.7. The molecule has 4 aliphatic carbocycles. The van der Waals surface area contributed by atoms with Crippen molar-refractivity contribution in [3.05, 3.63) is 0 Å². The molecule has 4 saturated carbocycles. The standard InChI is InChI=1S/C14H19N3O/c1-8(18)16-17-13(7-15)14-11-3-9-2-10(5-11)6-12(14)4-9/h9-12,14H,2-6H2,1H3,(H,16,18)/b17-13+. The van der Waals surface area contributed by atoms with Crippen LogP contribution in [0.15, 0.2) is 5.10 Å². The van der Waals surface area contributed by atoms with E-state index in [0.717, 1.165) is 11.8 Å². The Kier molecular flexibility index (Phi) is 2.85. The molecule has 0 heterocycles. The molecule has 0 unspecified atom stereocenters. The van der Waals surface area contributed by atoms with E-state index < -0.39 is 0 Å². The van der Waals surface area contributed by atoms with Gasteiger partial charge in [-0.1, -0.05) is 0 Å². The maximum absolute atomic E-state index is 10.9. The molecule has 4 heteroatoms.